The van der Waals surface area contributed by atoms with Gasteiger partial charge in [-0.3, -0.25) is 0 Å². The summed E-state index contributed by atoms with van der Waals surface area (Å²) < 4.78 is 35.7. The second-order valence-corrected chi connectivity index (χ2v) is 4.39. The molecule has 0 spiro atoms. The fraction of sp³-hybridized carbons (Fsp3) is 0.250. The van der Waals surface area contributed by atoms with Gasteiger partial charge in [-0.15, -0.1) is 12.4 Å². The van der Waals surface area contributed by atoms with Crippen molar-refractivity contribution < 1.29 is 18.3 Å². The highest BCUT2D eigenvalue weighted by molar-refractivity contribution is 5.85. The minimum Gasteiger partial charge on any atom is -0.788 e. The van der Waals surface area contributed by atoms with Gasteiger partial charge < -0.3 is 25.9 Å². The first-order chi connectivity index (χ1) is 11.1. The number of benzene rings is 2. The summed E-state index contributed by atoms with van der Waals surface area (Å²) in [5.74, 6) is -0.448. The van der Waals surface area contributed by atoms with Crippen LogP contribution in [0.4, 0.5) is 8.78 Å². The van der Waals surface area contributed by atoms with E-state index in [1.54, 1.807) is 29.7 Å². The molecule has 0 aliphatic rings. The lowest BCUT2D eigenvalue weighted by atomic mass is 10.2. The van der Waals surface area contributed by atoms with E-state index in [1.807, 2.05) is 0 Å². The minimum absolute atomic E-state index is 0. The topological polar surface area (TPSA) is 79.6 Å². The SMILES string of the molecule is COc1cccc(CN)c1F.COc1cccc(CN[O-])c1F.Cl. The van der Waals surface area contributed by atoms with Crippen LogP contribution in [0.15, 0.2) is 36.4 Å². The Labute approximate surface area is 145 Å². The Balaban J connectivity index is 0.000000425. The van der Waals surface area contributed by atoms with Crippen molar-refractivity contribution in [3.8, 4) is 11.5 Å². The van der Waals surface area contributed by atoms with Crippen molar-refractivity contribution in [2.75, 3.05) is 14.2 Å². The van der Waals surface area contributed by atoms with Gasteiger partial charge in [0.2, 0.25) is 0 Å². The van der Waals surface area contributed by atoms with Crippen LogP contribution in [0.1, 0.15) is 11.1 Å². The van der Waals surface area contributed by atoms with Crippen LogP contribution in [0.25, 0.3) is 0 Å². The van der Waals surface area contributed by atoms with Crippen LogP contribution in [0, 0.1) is 16.8 Å². The molecule has 0 heterocycles. The number of hydrogen-bond donors (Lipinski definition) is 2. The van der Waals surface area contributed by atoms with E-state index in [4.69, 9.17) is 15.2 Å². The molecule has 134 valence electrons. The third kappa shape index (κ3) is 5.93. The number of methoxy groups -OCH3 is 2. The van der Waals surface area contributed by atoms with Gasteiger partial charge in [0, 0.05) is 24.2 Å². The maximum Gasteiger partial charge on any atom is 0.169 e. The van der Waals surface area contributed by atoms with Crippen molar-refractivity contribution in [2.24, 2.45) is 5.73 Å². The second-order valence-electron chi connectivity index (χ2n) is 4.39. The lowest BCUT2D eigenvalue weighted by molar-refractivity contribution is 0.384. The smallest absolute Gasteiger partial charge is 0.169 e. The van der Waals surface area contributed by atoms with Gasteiger partial charge in [0.25, 0.3) is 0 Å². The predicted octanol–water partition coefficient (Wildman–Crippen LogP) is 3.14. The summed E-state index contributed by atoms with van der Waals surface area (Å²) in [6.07, 6.45) is 0. The van der Waals surface area contributed by atoms with Gasteiger partial charge in [0.05, 0.1) is 14.2 Å². The maximum absolute atomic E-state index is 13.2. The monoisotopic (exact) mass is 361 g/mol. The molecule has 0 bridgehead atoms. The first-order valence-electron chi connectivity index (χ1n) is 6.76. The van der Waals surface area contributed by atoms with Crippen LogP contribution < -0.4 is 20.7 Å². The fourth-order valence-corrected chi connectivity index (χ4v) is 1.80. The number of nitrogens with one attached hydrogen (secondary N) is 1. The molecule has 3 N–H and O–H groups in total. The number of halogens is 3. The molecule has 8 heteroatoms. The Morgan fingerprint density at radius 2 is 1.42 bits per heavy atom. The molecule has 5 nitrogen and oxygen atoms in total. The number of nitrogens with two attached hydrogens (primary N) is 1. The normalized spacial score (nSPS) is 9.42. The first-order valence-corrected chi connectivity index (χ1v) is 6.76. The van der Waals surface area contributed by atoms with Crippen LogP contribution in [-0.2, 0) is 13.1 Å². The highest BCUT2D eigenvalue weighted by Gasteiger charge is 2.06. The Morgan fingerprint density at radius 1 is 0.958 bits per heavy atom. The zero-order chi connectivity index (χ0) is 17.2. The summed E-state index contributed by atoms with van der Waals surface area (Å²) in [4.78, 5) is 0. The summed E-state index contributed by atoms with van der Waals surface area (Å²) in [6, 6.07) is 9.58. The van der Waals surface area contributed by atoms with Crippen molar-refractivity contribution >= 4 is 12.4 Å². The highest BCUT2D eigenvalue weighted by atomic mass is 35.5. The molecule has 0 saturated heterocycles. The molecule has 0 amide bonds. The summed E-state index contributed by atoms with van der Waals surface area (Å²) in [6.45, 7) is 0.159. The van der Waals surface area contributed by atoms with E-state index in [0.717, 1.165) is 0 Å². The fourth-order valence-electron chi connectivity index (χ4n) is 1.80. The van der Waals surface area contributed by atoms with Crippen LogP contribution >= 0.6 is 12.4 Å². The molecule has 0 unspecified atom stereocenters. The van der Waals surface area contributed by atoms with Crippen LogP contribution in [0.5, 0.6) is 11.5 Å². The van der Waals surface area contributed by atoms with E-state index >= 15 is 0 Å². The summed E-state index contributed by atoms with van der Waals surface area (Å²) in [5.41, 5.74) is 7.70. The molecule has 24 heavy (non-hydrogen) atoms. The quantitative estimate of drug-likeness (QED) is 0.800. The molecule has 0 fully saturated rings. The molecule has 2 aromatic carbocycles. The number of hydrogen-bond acceptors (Lipinski definition) is 5. The third-order valence-electron chi connectivity index (χ3n) is 3.01. The largest absolute Gasteiger partial charge is 0.788 e. The Hall–Kier alpha value is -1.93. The van der Waals surface area contributed by atoms with Crippen LogP contribution in [0.2, 0.25) is 0 Å². The molecule has 2 aromatic rings. The van der Waals surface area contributed by atoms with Gasteiger partial charge in [0.15, 0.2) is 23.1 Å². The van der Waals surface area contributed by atoms with E-state index in [0.29, 0.717) is 11.1 Å². The van der Waals surface area contributed by atoms with E-state index in [-0.39, 0.29) is 42.8 Å². The summed E-state index contributed by atoms with van der Waals surface area (Å²) >= 11 is 0. The average Bonchev–Trinajstić information content (AvgIpc) is 2.58. The number of rotatable bonds is 5. The van der Waals surface area contributed by atoms with Gasteiger partial charge in [-0.1, -0.05) is 24.3 Å². The van der Waals surface area contributed by atoms with Crippen LogP contribution in [-0.4, -0.2) is 14.2 Å². The lowest BCUT2D eigenvalue weighted by Crippen LogP contribution is -2.05. The third-order valence-corrected chi connectivity index (χ3v) is 3.01. The lowest BCUT2D eigenvalue weighted by Gasteiger charge is -2.10. The zero-order valence-corrected chi connectivity index (χ0v) is 14.2. The van der Waals surface area contributed by atoms with E-state index in [1.165, 1.54) is 26.4 Å². The molecular formula is C16H20ClF2N2O3-. The molecule has 2 rings (SSSR count). The Bertz CT molecular complexity index is 608. The van der Waals surface area contributed by atoms with E-state index in [2.05, 4.69) is 0 Å². The molecular weight excluding hydrogens is 342 g/mol. The maximum atomic E-state index is 13.2. The van der Waals surface area contributed by atoms with E-state index < -0.39 is 5.82 Å². The highest BCUT2D eigenvalue weighted by Crippen LogP contribution is 2.20. The molecule has 0 aliphatic carbocycles. The standard InChI is InChI=1S/C8H9FNO2.C8H10FNO.ClH/c1-12-7-4-2-3-6(5-10-11)8(7)9;1-11-7-4-2-3-6(5-10)8(7)9;/h2-4,10H,5H2,1H3;2-4H,5,10H2,1H3;1H/q-1;;. The van der Waals surface area contributed by atoms with Crippen molar-refractivity contribution in [2.45, 2.75) is 13.1 Å². The van der Waals surface area contributed by atoms with Crippen molar-refractivity contribution in [3.05, 3.63) is 64.4 Å². The van der Waals surface area contributed by atoms with Gasteiger partial charge in [-0.25, -0.2) is 8.78 Å². The molecule has 0 radical (unpaired) electrons. The molecule has 0 aromatic heterocycles. The van der Waals surface area contributed by atoms with Gasteiger partial charge >= 0.3 is 0 Å². The summed E-state index contributed by atoms with van der Waals surface area (Å²) in [5, 5.41) is 9.99. The predicted molar refractivity (Wildman–Crippen MR) is 91.3 cm³/mol. The molecule has 0 aliphatic heterocycles. The van der Waals surface area contributed by atoms with Crippen molar-refractivity contribution in [1.29, 1.82) is 0 Å². The molecule has 0 saturated carbocycles. The number of ether oxygens (including phenoxy) is 2. The van der Waals surface area contributed by atoms with Crippen molar-refractivity contribution in [3.63, 3.8) is 0 Å². The Kier molecular flexibility index (Phi) is 10.7. The van der Waals surface area contributed by atoms with Gasteiger partial charge in [-0.2, -0.15) is 0 Å². The van der Waals surface area contributed by atoms with E-state index in [9.17, 15) is 14.0 Å². The minimum atomic E-state index is -0.483. The first kappa shape index (κ1) is 22.1. The van der Waals surface area contributed by atoms with Gasteiger partial charge in [-0.05, 0) is 12.1 Å². The second kappa shape index (κ2) is 11.6. The average molecular weight is 362 g/mol. The molecule has 0 atom stereocenters. The Morgan fingerprint density at radius 3 is 1.83 bits per heavy atom. The van der Waals surface area contributed by atoms with Crippen LogP contribution in [0.3, 0.4) is 0 Å². The summed E-state index contributed by atoms with van der Waals surface area (Å²) in [7, 11) is 2.81. The zero-order valence-electron chi connectivity index (χ0n) is 13.3. The number of hydroxylamine groups is 1. The van der Waals surface area contributed by atoms with Crippen molar-refractivity contribution in [1.82, 2.24) is 5.48 Å². The van der Waals surface area contributed by atoms with Gasteiger partial charge in [0.1, 0.15) is 0 Å².